The first-order valence-corrected chi connectivity index (χ1v) is 10.9. The second-order valence-corrected chi connectivity index (χ2v) is 8.25. The molecule has 0 aliphatic heterocycles. The van der Waals surface area contributed by atoms with Crippen LogP contribution in [0, 0.1) is 12.7 Å². The number of benzene rings is 2. The summed E-state index contributed by atoms with van der Waals surface area (Å²) in [6.45, 7) is 6.32. The summed E-state index contributed by atoms with van der Waals surface area (Å²) in [4.78, 5) is 12.6. The van der Waals surface area contributed by atoms with E-state index >= 15 is 0 Å². The van der Waals surface area contributed by atoms with Gasteiger partial charge in [-0.05, 0) is 69.9 Å². The van der Waals surface area contributed by atoms with Gasteiger partial charge in [-0.15, -0.1) is 0 Å². The second-order valence-electron chi connectivity index (χ2n) is 7.84. The number of aryl methyl sites for hydroxylation is 3. The number of furan rings is 1. The largest absolute Gasteiger partial charge is 0.493 e. The van der Waals surface area contributed by atoms with Gasteiger partial charge in [-0.25, -0.2) is 4.39 Å². The van der Waals surface area contributed by atoms with Crippen molar-refractivity contribution in [2.24, 2.45) is 0 Å². The number of anilines is 1. The Morgan fingerprint density at radius 1 is 1.29 bits per heavy atom. The lowest BCUT2D eigenvalue weighted by atomic mass is 9.93. The molecule has 0 fully saturated rings. The van der Waals surface area contributed by atoms with Gasteiger partial charge in [-0.1, -0.05) is 11.6 Å². The van der Waals surface area contributed by atoms with E-state index < -0.39 is 5.82 Å². The molecule has 0 saturated heterocycles. The van der Waals surface area contributed by atoms with Crippen molar-refractivity contribution in [1.29, 1.82) is 0 Å². The summed E-state index contributed by atoms with van der Waals surface area (Å²) in [5.74, 6) is 0.943. The normalized spacial score (nSPS) is 13.9. The van der Waals surface area contributed by atoms with Gasteiger partial charge in [0.2, 0.25) is 5.91 Å². The van der Waals surface area contributed by atoms with Crippen LogP contribution < -0.4 is 10.1 Å². The maximum Gasteiger partial charge on any atom is 0.248 e. The van der Waals surface area contributed by atoms with Crippen molar-refractivity contribution in [2.45, 2.75) is 46.5 Å². The minimum Gasteiger partial charge on any atom is -0.493 e. The monoisotopic (exact) mass is 441 g/mol. The van der Waals surface area contributed by atoms with E-state index in [0.717, 1.165) is 64.9 Å². The van der Waals surface area contributed by atoms with Crippen molar-refractivity contribution >= 4 is 39.7 Å². The number of carbonyl (C=O) groups excluding carboxylic acids is 1. The zero-order valence-corrected chi connectivity index (χ0v) is 18.7. The third kappa shape index (κ3) is 4.19. The van der Waals surface area contributed by atoms with Crippen molar-refractivity contribution < 1.29 is 18.3 Å². The molecule has 0 radical (unpaired) electrons. The first-order valence-electron chi connectivity index (χ1n) is 10.5. The van der Waals surface area contributed by atoms with Gasteiger partial charge in [0.1, 0.15) is 22.9 Å². The van der Waals surface area contributed by atoms with Gasteiger partial charge in [0.25, 0.3) is 0 Å². The third-order valence-electron chi connectivity index (χ3n) is 5.67. The first kappa shape index (κ1) is 21.4. The van der Waals surface area contributed by atoms with E-state index in [1.807, 2.05) is 20.8 Å². The van der Waals surface area contributed by atoms with Gasteiger partial charge >= 0.3 is 0 Å². The SMILES string of the molecule is CCOc1c(/C(C)=C/C(=O)Nc2ccc(F)c(Cl)c2)cc2c3c(oc2c1C)CCCC3. The Kier molecular flexibility index (Phi) is 6.05. The summed E-state index contributed by atoms with van der Waals surface area (Å²) in [5, 5.41) is 3.80. The van der Waals surface area contributed by atoms with Crippen LogP contribution in [0.3, 0.4) is 0 Å². The van der Waals surface area contributed by atoms with Crippen LogP contribution in [0.5, 0.6) is 5.75 Å². The van der Waals surface area contributed by atoms with E-state index in [9.17, 15) is 9.18 Å². The summed E-state index contributed by atoms with van der Waals surface area (Å²) >= 11 is 5.81. The lowest BCUT2D eigenvalue weighted by Gasteiger charge is -2.15. The lowest BCUT2D eigenvalue weighted by Crippen LogP contribution is -2.09. The topological polar surface area (TPSA) is 51.5 Å². The number of ether oxygens (including phenoxy) is 1. The van der Waals surface area contributed by atoms with Gasteiger partial charge in [0.05, 0.1) is 11.6 Å². The quantitative estimate of drug-likeness (QED) is 0.440. The number of rotatable bonds is 5. The minimum atomic E-state index is -0.528. The van der Waals surface area contributed by atoms with Gasteiger partial charge < -0.3 is 14.5 Å². The predicted octanol–water partition coefficient (Wildman–Crippen LogP) is 6.85. The Labute approximate surface area is 186 Å². The number of carbonyl (C=O) groups is 1. The van der Waals surface area contributed by atoms with Crippen molar-refractivity contribution in [3.05, 3.63) is 63.6 Å². The van der Waals surface area contributed by atoms with E-state index in [4.69, 9.17) is 20.8 Å². The summed E-state index contributed by atoms with van der Waals surface area (Å²) in [6, 6.07) is 6.16. The smallest absolute Gasteiger partial charge is 0.248 e. The molecule has 0 saturated carbocycles. The van der Waals surface area contributed by atoms with Gasteiger partial charge in [-0.3, -0.25) is 4.79 Å². The second kappa shape index (κ2) is 8.75. The molecule has 4 rings (SSSR count). The lowest BCUT2D eigenvalue weighted by molar-refractivity contribution is -0.111. The van der Waals surface area contributed by atoms with Crippen LogP contribution in [0.4, 0.5) is 10.1 Å². The molecule has 1 N–H and O–H groups in total. The maximum atomic E-state index is 13.4. The number of hydrogen-bond acceptors (Lipinski definition) is 3. The van der Waals surface area contributed by atoms with E-state index in [2.05, 4.69) is 11.4 Å². The van der Waals surface area contributed by atoms with Crippen molar-refractivity contribution in [2.75, 3.05) is 11.9 Å². The summed E-state index contributed by atoms with van der Waals surface area (Å²) in [6.07, 6.45) is 5.78. The van der Waals surface area contributed by atoms with Gasteiger partial charge in [0, 0.05) is 40.3 Å². The number of allylic oxidation sites excluding steroid dienone is 1. The molecule has 4 nitrogen and oxygen atoms in total. The molecule has 1 amide bonds. The number of fused-ring (bicyclic) bond motifs is 3. The highest BCUT2D eigenvalue weighted by Gasteiger charge is 2.23. The number of halogens is 2. The minimum absolute atomic E-state index is 0.0389. The molecule has 162 valence electrons. The van der Waals surface area contributed by atoms with Crippen LogP contribution in [0.15, 0.2) is 34.8 Å². The molecule has 6 heteroatoms. The summed E-state index contributed by atoms with van der Waals surface area (Å²) in [7, 11) is 0. The number of amides is 1. The number of hydrogen-bond donors (Lipinski definition) is 1. The van der Waals surface area contributed by atoms with Gasteiger partial charge in [-0.2, -0.15) is 0 Å². The first-order chi connectivity index (χ1) is 14.9. The zero-order valence-electron chi connectivity index (χ0n) is 17.9. The van der Waals surface area contributed by atoms with Crippen LogP contribution in [-0.4, -0.2) is 12.5 Å². The molecule has 2 aromatic carbocycles. The Morgan fingerprint density at radius 3 is 2.81 bits per heavy atom. The molecule has 0 spiro atoms. The Hall–Kier alpha value is -2.79. The molecule has 1 aromatic heterocycles. The van der Waals surface area contributed by atoms with Gasteiger partial charge in [0.15, 0.2) is 0 Å². The highest BCUT2D eigenvalue weighted by atomic mass is 35.5. The molecule has 0 atom stereocenters. The fraction of sp³-hybridized carbons (Fsp3) is 0.320. The van der Waals surface area contributed by atoms with Crippen LogP contribution in [0.1, 0.15) is 49.1 Å². The standard InChI is InChI=1S/C25H25ClFNO3/c1-4-30-24-15(3)25-19(17-7-5-6-8-22(17)31-25)13-18(24)14(2)11-23(29)28-16-9-10-21(27)20(26)12-16/h9-13H,4-8H2,1-3H3,(H,28,29)/b14-11+. The fourth-order valence-corrected chi connectivity index (χ4v) is 4.37. The fourth-order valence-electron chi connectivity index (χ4n) is 4.19. The highest BCUT2D eigenvalue weighted by molar-refractivity contribution is 6.31. The van der Waals surface area contributed by atoms with E-state index in [1.165, 1.54) is 29.8 Å². The molecule has 3 aromatic rings. The highest BCUT2D eigenvalue weighted by Crippen LogP contribution is 2.41. The average Bonchev–Trinajstić information content (AvgIpc) is 3.11. The molecule has 1 aliphatic carbocycles. The van der Waals surface area contributed by atoms with E-state index in [1.54, 1.807) is 0 Å². The third-order valence-corrected chi connectivity index (χ3v) is 5.96. The molecule has 1 heterocycles. The summed E-state index contributed by atoms with van der Waals surface area (Å²) < 4.78 is 25.5. The van der Waals surface area contributed by atoms with Crippen molar-refractivity contribution in [3.8, 4) is 5.75 Å². The van der Waals surface area contributed by atoms with E-state index in [0.29, 0.717) is 12.3 Å². The maximum absolute atomic E-state index is 13.4. The molecule has 0 bridgehead atoms. The predicted molar refractivity (Wildman–Crippen MR) is 122 cm³/mol. The summed E-state index contributed by atoms with van der Waals surface area (Å²) in [5.41, 5.74) is 5.16. The molecule has 31 heavy (non-hydrogen) atoms. The Balaban J connectivity index is 1.73. The molecule has 0 unspecified atom stereocenters. The van der Waals surface area contributed by atoms with Crippen LogP contribution in [0.2, 0.25) is 5.02 Å². The van der Waals surface area contributed by atoms with Crippen LogP contribution in [0.25, 0.3) is 16.5 Å². The Bertz CT molecular complexity index is 1200. The van der Waals surface area contributed by atoms with E-state index in [-0.39, 0.29) is 10.9 Å². The average molecular weight is 442 g/mol. The molecular formula is C25H25ClFNO3. The Morgan fingerprint density at radius 2 is 2.06 bits per heavy atom. The molecular weight excluding hydrogens is 417 g/mol. The zero-order chi connectivity index (χ0) is 22.1. The van der Waals surface area contributed by atoms with Crippen LogP contribution >= 0.6 is 11.6 Å². The van der Waals surface area contributed by atoms with Crippen molar-refractivity contribution in [1.82, 2.24) is 0 Å². The number of nitrogens with one attached hydrogen (secondary N) is 1. The van der Waals surface area contributed by atoms with Crippen molar-refractivity contribution in [3.63, 3.8) is 0 Å². The van der Waals surface area contributed by atoms with Crippen LogP contribution in [-0.2, 0) is 17.6 Å². The molecule has 1 aliphatic rings.